The second kappa shape index (κ2) is 7.42. The standard InChI is InChI=1S/C4H10O2Si.C3H6O2/c1-3-4(5)7-6-2;4-1-3-2-5-3/h3,7H2,1-2H3;3-4H,1-2H2. The molecular formula is C7H16O4Si. The summed E-state index contributed by atoms with van der Waals surface area (Å²) in [6.45, 7) is 2.81. The average molecular weight is 192 g/mol. The van der Waals surface area contributed by atoms with Gasteiger partial charge in [-0.05, 0) is 0 Å². The first kappa shape index (κ1) is 11.8. The van der Waals surface area contributed by atoms with Crippen molar-refractivity contribution in [3.8, 4) is 0 Å². The summed E-state index contributed by atoms with van der Waals surface area (Å²) in [5.41, 5.74) is 0. The van der Waals surface area contributed by atoms with Crippen LogP contribution in [0.2, 0.25) is 0 Å². The monoisotopic (exact) mass is 192 g/mol. The van der Waals surface area contributed by atoms with Gasteiger partial charge in [-0.1, -0.05) is 6.92 Å². The van der Waals surface area contributed by atoms with E-state index in [9.17, 15) is 4.79 Å². The van der Waals surface area contributed by atoms with Crippen LogP contribution in [0.25, 0.3) is 0 Å². The van der Waals surface area contributed by atoms with Crippen LogP contribution in [0.1, 0.15) is 13.3 Å². The van der Waals surface area contributed by atoms with Crippen molar-refractivity contribution in [1.29, 1.82) is 0 Å². The molecule has 0 aromatic heterocycles. The van der Waals surface area contributed by atoms with Crippen LogP contribution in [0.15, 0.2) is 0 Å². The summed E-state index contributed by atoms with van der Waals surface area (Å²) in [7, 11) is 0.790. The number of ether oxygens (including phenoxy) is 1. The summed E-state index contributed by atoms with van der Waals surface area (Å²) in [5, 5.41) is 8.38. The summed E-state index contributed by atoms with van der Waals surface area (Å²) in [6, 6.07) is 0. The van der Waals surface area contributed by atoms with Gasteiger partial charge in [0, 0.05) is 13.5 Å². The topological polar surface area (TPSA) is 59.1 Å². The second-order valence-corrected chi connectivity index (χ2v) is 4.12. The molecule has 1 atom stereocenters. The van der Waals surface area contributed by atoms with Gasteiger partial charge < -0.3 is 19.1 Å². The molecule has 1 N–H and O–H groups in total. The summed E-state index contributed by atoms with van der Waals surface area (Å²) in [4.78, 5) is 10.3. The largest absolute Gasteiger partial charge is 0.418 e. The SMILES string of the molecule is CCC(=O)[SiH2]OC.OCC1CO1. The van der Waals surface area contributed by atoms with Gasteiger partial charge in [0.05, 0.1) is 13.2 Å². The molecule has 0 saturated carbocycles. The van der Waals surface area contributed by atoms with Crippen LogP contribution in [0, 0.1) is 0 Å². The van der Waals surface area contributed by atoms with E-state index < -0.39 is 9.76 Å². The molecule has 0 aromatic carbocycles. The van der Waals surface area contributed by atoms with Crippen molar-refractivity contribution in [1.82, 2.24) is 0 Å². The molecule has 0 aliphatic carbocycles. The zero-order valence-electron chi connectivity index (χ0n) is 7.58. The van der Waals surface area contributed by atoms with Crippen LogP contribution >= 0.6 is 0 Å². The first-order chi connectivity index (χ1) is 5.74. The van der Waals surface area contributed by atoms with E-state index in [1.54, 1.807) is 7.11 Å². The van der Waals surface area contributed by atoms with E-state index >= 15 is 0 Å². The number of rotatable bonds is 4. The van der Waals surface area contributed by atoms with Crippen molar-refractivity contribution < 1.29 is 19.1 Å². The molecule has 12 heavy (non-hydrogen) atoms. The molecule has 0 aromatic rings. The molecule has 1 saturated heterocycles. The summed E-state index contributed by atoms with van der Waals surface area (Å²) in [5.74, 6) is 0. The lowest BCUT2D eigenvalue weighted by molar-refractivity contribution is -0.112. The lowest BCUT2D eigenvalue weighted by atomic mass is 10.5. The lowest BCUT2D eigenvalue weighted by Crippen LogP contribution is -2.08. The first-order valence-electron chi connectivity index (χ1n) is 3.97. The number of carbonyl (C=O) groups is 1. The maximum Gasteiger partial charge on any atom is 0.233 e. The fourth-order valence-electron chi connectivity index (χ4n) is 0.437. The van der Waals surface area contributed by atoms with Crippen LogP contribution in [0.5, 0.6) is 0 Å². The molecule has 1 aliphatic rings. The molecular weight excluding hydrogens is 176 g/mol. The Kier molecular flexibility index (Phi) is 7.27. The Balaban J connectivity index is 0.000000211. The van der Waals surface area contributed by atoms with Crippen molar-refractivity contribution in [2.45, 2.75) is 19.4 Å². The van der Waals surface area contributed by atoms with Crippen LogP contribution < -0.4 is 0 Å². The van der Waals surface area contributed by atoms with Gasteiger partial charge in [-0.25, -0.2) is 0 Å². The molecule has 1 aliphatic heterocycles. The van der Waals surface area contributed by atoms with Gasteiger partial charge in [0.25, 0.3) is 0 Å². The van der Waals surface area contributed by atoms with E-state index in [1.807, 2.05) is 6.92 Å². The molecule has 4 nitrogen and oxygen atoms in total. The zero-order valence-corrected chi connectivity index (χ0v) is 8.99. The van der Waals surface area contributed by atoms with Gasteiger partial charge in [-0.15, -0.1) is 0 Å². The Morgan fingerprint density at radius 3 is 2.50 bits per heavy atom. The second-order valence-electron chi connectivity index (χ2n) is 2.46. The highest BCUT2D eigenvalue weighted by molar-refractivity contribution is 6.68. The summed E-state index contributed by atoms with van der Waals surface area (Å²) >= 11 is 0. The molecule has 1 rings (SSSR count). The first-order valence-corrected chi connectivity index (χ1v) is 5.26. The van der Waals surface area contributed by atoms with Gasteiger partial charge >= 0.3 is 0 Å². The maximum absolute atomic E-state index is 10.3. The van der Waals surface area contributed by atoms with Crippen LogP contribution in [-0.2, 0) is 14.0 Å². The lowest BCUT2D eigenvalue weighted by Gasteiger charge is -1.88. The van der Waals surface area contributed by atoms with Crippen LogP contribution in [0.4, 0.5) is 0 Å². The Bertz CT molecular complexity index is 125. The van der Waals surface area contributed by atoms with Crippen molar-refractivity contribution in [3.63, 3.8) is 0 Å². The van der Waals surface area contributed by atoms with Crippen molar-refractivity contribution in [3.05, 3.63) is 0 Å². The molecule has 1 fully saturated rings. The minimum Gasteiger partial charge on any atom is -0.418 e. The Labute approximate surface area is 74.8 Å². The highest BCUT2D eigenvalue weighted by Crippen LogP contribution is 2.04. The smallest absolute Gasteiger partial charge is 0.233 e. The van der Waals surface area contributed by atoms with Gasteiger partial charge in [0.2, 0.25) is 9.76 Å². The number of carbonyl (C=O) groups excluding carboxylic acids is 1. The molecule has 0 radical (unpaired) electrons. The molecule has 0 amide bonds. The third kappa shape index (κ3) is 7.87. The molecule has 0 spiro atoms. The number of aliphatic hydroxyl groups excluding tert-OH is 1. The Morgan fingerprint density at radius 1 is 1.83 bits per heavy atom. The number of epoxide rings is 1. The molecule has 1 unspecified atom stereocenters. The minimum absolute atomic E-state index is 0.190. The van der Waals surface area contributed by atoms with Gasteiger partial charge in [0.15, 0.2) is 0 Å². The zero-order chi connectivity index (χ0) is 9.40. The van der Waals surface area contributed by atoms with Gasteiger partial charge in [-0.3, -0.25) is 0 Å². The van der Waals surface area contributed by atoms with E-state index in [2.05, 4.69) is 9.16 Å². The Hall–Kier alpha value is -0.233. The highest BCUT2D eigenvalue weighted by atomic mass is 28.2. The molecule has 1 heterocycles. The summed E-state index contributed by atoms with van der Waals surface area (Å²) < 4.78 is 9.29. The quantitative estimate of drug-likeness (QED) is 0.460. The van der Waals surface area contributed by atoms with Crippen LogP contribution in [-0.4, -0.2) is 46.7 Å². The summed E-state index contributed by atoms with van der Waals surface area (Å²) in [6.07, 6.45) is 0.829. The number of hydrogen-bond acceptors (Lipinski definition) is 4. The van der Waals surface area contributed by atoms with E-state index in [0.717, 1.165) is 6.61 Å². The van der Waals surface area contributed by atoms with E-state index in [0.29, 0.717) is 11.8 Å². The normalized spacial score (nSPS) is 20.4. The van der Waals surface area contributed by atoms with Crippen LogP contribution in [0.3, 0.4) is 0 Å². The third-order valence-corrected chi connectivity index (χ3v) is 2.42. The Morgan fingerprint density at radius 2 is 2.42 bits per heavy atom. The van der Waals surface area contributed by atoms with Gasteiger partial charge in [-0.2, -0.15) is 0 Å². The van der Waals surface area contributed by atoms with Crippen molar-refractivity contribution >= 4 is 15.2 Å². The molecule has 72 valence electrons. The highest BCUT2D eigenvalue weighted by Gasteiger charge is 2.19. The van der Waals surface area contributed by atoms with E-state index in [4.69, 9.17) is 5.11 Å². The minimum atomic E-state index is -0.793. The average Bonchev–Trinajstić information content (AvgIpc) is 2.88. The molecule has 0 bridgehead atoms. The predicted molar refractivity (Wildman–Crippen MR) is 47.7 cm³/mol. The van der Waals surface area contributed by atoms with E-state index in [1.165, 1.54) is 0 Å². The van der Waals surface area contributed by atoms with Gasteiger partial charge in [0.1, 0.15) is 11.5 Å². The predicted octanol–water partition coefficient (Wildman–Crippen LogP) is -0.969. The third-order valence-electron chi connectivity index (χ3n) is 1.31. The van der Waals surface area contributed by atoms with Crippen molar-refractivity contribution in [2.75, 3.05) is 20.3 Å². The van der Waals surface area contributed by atoms with E-state index in [-0.39, 0.29) is 12.7 Å². The fourth-order valence-corrected chi connectivity index (χ4v) is 0.963. The molecule has 5 heteroatoms. The number of aliphatic hydroxyl groups is 1. The number of hydrogen-bond donors (Lipinski definition) is 1. The van der Waals surface area contributed by atoms with Crippen molar-refractivity contribution in [2.24, 2.45) is 0 Å². The fraction of sp³-hybridized carbons (Fsp3) is 0.857. The maximum atomic E-state index is 10.3.